The molecule has 3 aliphatic rings. The van der Waals surface area contributed by atoms with Crippen molar-refractivity contribution in [2.45, 2.75) is 48.6 Å². The fraction of sp³-hybridized carbons (Fsp3) is 0.440. The zero-order valence-corrected chi connectivity index (χ0v) is 21.7. The molecular weight excluding hydrogens is 535 g/mol. The Bertz CT molecular complexity index is 1480. The molecule has 2 aliphatic carbocycles. The summed E-state index contributed by atoms with van der Waals surface area (Å²) in [5.41, 5.74) is -1.54. The summed E-state index contributed by atoms with van der Waals surface area (Å²) in [4.78, 5) is 43.3. The standard InChI is InChI=1S/C25H27FN4O8S/c1-3-14-11-25(14,23(32)29-39(35,36)16-4-5-16)28-21(31)19-9-15(12-30(19)24(33)34)38-22-17-10-18(26)20(37-2)8-13(17)6-7-27-22/h3,6-8,10,14-16,19H,1,4-5,9,11-12H2,2H3,(H,28,31)(H,29,32)(H,33,34). The van der Waals surface area contributed by atoms with Gasteiger partial charge in [-0.15, -0.1) is 6.58 Å². The third-order valence-corrected chi connectivity index (χ3v) is 9.16. The average Bonchev–Trinajstić information content (AvgIpc) is 3.81. The number of ether oxygens (including phenoxy) is 2. The van der Waals surface area contributed by atoms with Crippen LogP contribution in [-0.4, -0.2) is 77.9 Å². The maximum atomic E-state index is 14.4. The maximum Gasteiger partial charge on any atom is 0.408 e. The number of carbonyl (C=O) groups is 3. The lowest BCUT2D eigenvalue weighted by molar-refractivity contribution is -0.131. The van der Waals surface area contributed by atoms with E-state index in [4.69, 9.17) is 9.47 Å². The first-order chi connectivity index (χ1) is 18.5. The largest absolute Gasteiger partial charge is 0.494 e. The predicted octanol–water partition coefficient (Wildman–Crippen LogP) is 1.55. The van der Waals surface area contributed by atoms with Gasteiger partial charge in [-0.2, -0.15) is 0 Å². The van der Waals surface area contributed by atoms with E-state index in [9.17, 15) is 32.3 Å². The Morgan fingerprint density at radius 1 is 1.31 bits per heavy atom. The molecule has 0 radical (unpaired) electrons. The molecule has 208 valence electrons. The molecule has 1 saturated heterocycles. The molecule has 39 heavy (non-hydrogen) atoms. The quantitative estimate of drug-likeness (QED) is 0.385. The van der Waals surface area contributed by atoms with Gasteiger partial charge in [0.25, 0.3) is 5.91 Å². The van der Waals surface area contributed by atoms with Crippen molar-refractivity contribution in [1.82, 2.24) is 19.9 Å². The van der Waals surface area contributed by atoms with E-state index >= 15 is 0 Å². The number of rotatable bonds is 9. The van der Waals surface area contributed by atoms with Crippen LogP contribution >= 0.6 is 0 Å². The van der Waals surface area contributed by atoms with Gasteiger partial charge in [0.05, 0.1) is 18.9 Å². The highest BCUT2D eigenvalue weighted by molar-refractivity contribution is 7.91. The third kappa shape index (κ3) is 4.95. The molecule has 2 saturated carbocycles. The number of nitrogens with one attached hydrogen (secondary N) is 2. The number of sulfonamides is 1. The second kappa shape index (κ2) is 9.67. The number of pyridine rings is 1. The number of amides is 3. The summed E-state index contributed by atoms with van der Waals surface area (Å²) in [6, 6.07) is 3.09. The van der Waals surface area contributed by atoms with E-state index in [1.807, 2.05) is 0 Å². The summed E-state index contributed by atoms with van der Waals surface area (Å²) in [5, 5.41) is 12.6. The number of hydrogen-bond acceptors (Lipinski definition) is 8. The van der Waals surface area contributed by atoms with E-state index in [1.54, 1.807) is 6.07 Å². The summed E-state index contributed by atoms with van der Waals surface area (Å²) in [6.07, 6.45) is 1.66. The maximum absolute atomic E-state index is 14.4. The van der Waals surface area contributed by atoms with E-state index in [0.29, 0.717) is 23.6 Å². The van der Waals surface area contributed by atoms with E-state index < -0.39 is 62.6 Å². The number of halogens is 1. The first kappa shape index (κ1) is 26.7. The first-order valence-electron chi connectivity index (χ1n) is 12.3. The summed E-state index contributed by atoms with van der Waals surface area (Å²) in [5.74, 6) is -2.71. The second-order valence-electron chi connectivity index (χ2n) is 9.93. The van der Waals surface area contributed by atoms with Crippen LogP contribution in [0.25, 0.3) is 10.8 Å². The van der Waals surface area contributed by atoms with Crippen molar-refractivity contribution in [1.29, 1.82) is 0 Å². The molecule has 3 amide bonds. The highest BCUT2D eigenvalue weighted by atomic mass is 32.2. The van der Waals surface area contributed by atoms with Gasteiger partial charge in [-0.05, 0) is 42.8 Å². The number of carboxylic acid groups (broad SMARTS) is 1. The minimum absolute atomic E-state index is 0.0371. The summed E-state index contributed by atoms with van der Waals surface area (Å²) >= 11 is 0. The monoisotopic (exact) mass is 562 g/mol. The number of fused-ring (bicyclic) bond motifs is 1. The molecule has 1 aliphatic heterocycles. The van der Waals surface area contributed by atoms with E-state index in [1.165, 1.54) is 31.5 Å². The number of hydrogen-bond donors (Lipinski definition) is 3. The Hall–Kier alpha value is -3.94. The zero-order chi connectivity index (χ0) is 28.1. The van der Waals surface area contributed by atoms with Crippen LogP contribution in [0.1, 0.15) is 25.7 Å². The molecule has 0 bridgehead atoms. The number of aromatic nitrogens is 1. The molecule has 5 rings (SSSR count). The molecule has 1 aromatic heterocycles. The molecule has 4 atom stereocenters. The molecule has 4 unspecified atom stereocenters. The normalized spacial score (nSPS) is 26.1. The fourth-order valence-electron chi connectivity index (χ4n) is 4.92. The molecule has 2 aromatic rings. The van der Waals surface area contributed by atoms with Gasteiger partial charge in [0.2, 0.25) is 21.8 Å². The van der Waals surface area contributed by atoms with Gasteiger partial charge in [-0.3, -0.25) is 19.2 Å². The number of methoxy groups -OCH3 is 1. The van der Waals surface area contributed by atoms with Crippen molar-refractivity contribution in [3.8, 4) is 11.6 Å². The van der Waals surface area contributed by atoms with Crippen molar-refractivity contribution >= 4 is 38.7 Å². The number of nitrogens with zero attached hydrogens (tertiary/aromatic N) is 2. The SMILES string of the molecule is C=CC1CC1(NC(=O)C1CC(Oc2nccc3cc(OC)c(F)cc23)CN1C(=O)O)C(=O)NS(=O)(=O)C1CC1. The number of carbonyl (C=O) groups excluding carboxylic acids is 2. The first-order valence-corrected chi connectivity index (χ1v) is 13.8. The topological polar surface area (TPSA) is 164 Å². The Balaban J connectivity index is 1.33. The minimum atomic E-state index is -3.86. The molecular formula is C25H27FN4O8S. The molecule has 2 heterocycles. The molecule has 12 nitrogen and oxygen atoms in total. The van der Waals surface area contributed by atoms with Crippen LogP contribution in [0.5, 0.6) is 11.6 Å². The van der Waals surface area contributed by atoms with Crippen LogP contribution in [0.3, 0.4) is 0 Å². The van der Waals surface area contributed by atoms with Gasteiger partial charge in [-0.25, -0.2) is 22.6 Å². The van der Waals surface area contributed by atoms with Crippen molar-refractivity contribution in [3.63, 3.8) is 0 Å². The molecule has 1 aromatic carbocycles. The molecule has 3 N–H and O–H groups in total. The van der Waals surface area contributed by atoms with Gasteiger partial charge in [0.15, 0.2) is 11.6 Å². The summed E-state index contributed by atoms with van der Waals surface area (Å²) < 4.78 is 52.0. The lowest BCUT2D eigenvalue weighted by Crippen LogP contribution is -2.56. The highest BCUT2D eigenvalue weighted by Crippen LogP contribution is 2.45. The van der Waals surface area contributed by atoms with Gasteiger partial charge < -0.3 is 19.9 Å². The van der Waals surface area contributed by atoms with Gasteiger partial charge >= 0.3 is 6.09 Å². The minimum Gasteiger partial charge on any atom is -0.494 e. The smallest absolute Gasteiger partial charge is 0.408 e. The zero-order valence-electron chi connectivity index (χ0n) is 20.9. The van der Waals surface area contributed by atoms with Crippen molar-refractivity contribution in [3.05, 3.63) is 42.9 Å². The van der Waals surface area contributed by atoms with Gasteiger partial charge in [-0.1, -0.05) is 6.08 Å². The lowest BCUT2D eigenvalue weighted by Gasteiger charge is -2.24. The van der Waals surface area contributed by atoms with E-state index in [2.05, 4.69) is 21.6 Å². The van der Waals surface area contributed by atoms with Crippen LogP contribution < -0.4 is 19.5 Å². The van der Waals surface area contributed by atoms with Crippen molar-refractivity contribution in [2.75, 3.05) is 13.7 Å². The fourth-order valence-corrected chi connectivity index (χ4v) is 6.28. The van der Waals surface area contributed by atoms with Crippen LogP contribution in [0.15, 0.2) is 37.1 Å². The Kier molecular flexibility index (Phi) is 6.61. The van der Waals surface area contributed by atoms with Crippen LogP contribution in [-0.2, 0) is 19.6 Å². The van der Waals surface area contributed by atoms with Crippen LogP contribution in [0.4, 0.5) is 9.18 Å². The molecule has 3 fully saturated rings. The van der Waals surface area contributed by atoms with Gasteiger partial charge in [0.1, 0.15) is 17.7 Å². The van der Waals surface area contributed by atoms with E-state index in [0.717, 1.165) is 4.90 Å². The average molecular weight is 563 g/mol. The van der Waals surface area contributed by atoms with E-state index in [-0.39, 0.29) is 31.0 Å². The second-order valence-corrected chi connectivity index (χ2v) is 11.9. The number of benzene rings is 1. The predicted molar refractivity (Wildman–Crippen MR) is 135 cm³/mol. The lowest BCUT2D eigenvalue weighted by atomic mass is 10.1. The Morgan fingerprint density at radius 2 is 2.05 bits per heavy atom. The van der Waals surface area contributed by atoms with Crippen LogP contribution in [0, 0.1) is 11.7 Å². The Morgan fingerprint density at radius 3 is 2.67 bits per heavy atom. The summed E-state index contributed by atoms with van der Waals surface area (Å²) in [6.45, 7) is 3.46. The molecule has 0 spiro atoms. The molecule has 14 heteroatoms. The third-order valence-electron chi connectivity index (χ3n) is 7.34. The van der Waals surface area contributed by atoms with Crippen molar-refractivity contribution in [2.24, 2.45) is 5.92 Å². The van der Waals surface area contributed by atoms with Gasteiger partial charge in [0, 0.05) is 23.9 Å². The van der Waals surface area contributed by atoms with Crippen molar-refractivity contribution < 1.29 is 41.8 Å². The van der Waals surface area contributed by atoms with Crippen LogP contribution in [0.2, 0.25) is 0 Å². The Labute approximate surface area is 223 Å². The summed E-state index contributed by atoms with van der Waals surface area (Å²) in [7, 11) is -2.52. The highest BCUT2D eigenvalue weighted by Gasteiger charge is 2.62. The number of likely N-dealkylation sites (tertiary alicyclic amines) is 1.